The summed E-state index contributed by atoms with van der Waals surface area (Å²) in [6.07, 6.45) is 2.89. The van der Waals surface area contributed by atoms with Crippen molar-refractivity contribution in [3.05, 3.63) is 83.5 Å². The number of hydrogen-bond donors (Lipinski definition) is 0. The number of ether oxygens (including phenoxy) is 1. The minimum absolute atomic E-state index is 0.0888. The van der Waals surface area contributed by atoms with E-state index >= 15 is 0 Å². The highest BCUT2D eigenvalue weighted by Gasteiger charge is 2.19. The van der Waals surface area contributed by atoms with Gasteiger partial charge in [0.1, 0.15) is 0 Å². The molecule has 0 bridgehead atoms. The summed E-state index contributed by atoms with van der Waals surface area (Å²) in [4.78, 5) is 23.4. The van der Waals surface area contributed by atoms with Gasteiger partial charge in [0.05, 0.1) is 18.9 Å². The first-order valence-corrected chi connectivity index (χ1v) is 12.3. The maximum absolute atomic E-state index is 13.3. The summed E-state index contributed by atoms with van der Waals surface area (Å²) >= 11 is 1.65. The fourth-order valence-electron chi connectivity index (χ4n) is 4.17. The van der Waals surface area contributed by atoms with Crippen LogP contribution in [0.5, 0.6) is 0 Å². The number of fused-ring (bicyclic) bond motifs is 1. The van der Waals surface area contributed by atoms with Crippen LogP contribution in [-0.2, 0) is 11.2 Å². The molecule has 1 aliphatic rings. The molecular weight excluding hydrogens is 432 g/mol. The Morgan fingerprint density at radius 1 is 1.00 bits per heavy atom. The van der Waals surface area contributed by atoms with E-state index in [1.807, 2.05) is 53.4 Å². The Morgan fingerprint density at radius 2 is 1.73 bits per heavy atom. The van der Waals surface area contributed by atoms with Gasteiger partial charge < -0.3 is 9.64 Å². The zero-order chi connectivity index (χ0) is 22.5. The van der Waals surface area contributed by atoms with Gasteiger partial charge in [-0.05, 0) is 12.1 Å². The van der Waals surface area contributed by atoms with Gasteiger partial charge >= 0.3 is 0 Å². The number of aromatic nitrogens is 2. The summed E-state index contributed by atoms with van der Waals surface area (Å²) in [6.45, 7) is 5.63. The molecule has 0 spiro atoms. The number of hydrogen-bond acceptors (Lipinski definition) is 5. The van der Waals surface area contributed by atoms with Gasteiger partial charge in [-0.2, -0.15) is 0 Å². The molecule has 33 heavy (non-hydrogen) atoms. The van der Waals surface area contributed by atoms with Gasteiger partial charge in [-0.15, -0.1) is 11.3 Å². The number of amides is 1. The molecule has 170 valence electrons. The van der Waals surface area contributed by atoms with Crippen LogP contribution in [0.25, 0.3) is 16.2 Å². The first-order chi connectivity index (χ1) is 16.3. The number of thiazole rings is 1. The van der Waals surface area contributed by atoms with Gasteiger partial charge in [-0.3, -0.25) is 14.1 Å². The number of carbonyl (C=O) groups is 1. The number of benzene rings is 2. The quantitative estimate of drug-likeness (QED) is 0.398. The number of carbonyl (C=O) groups excluding carboxylic acids is 1. The van der Waals surface area contributed by atoms with Crippen LogP contribution in [-0.4, -0.2) is 71.0 Å². The zero-order valence-corrected chi connectivity index (χ0v) is 19.4. The van der Waals surface area contributed by atoms with Crippen molar-refractivity contribution in [2.75, 3.05) is 45.9 Å². The number of rotatable bonds is 8. The van der Waals surface area contributed by atoms with E-state index < -0.39 is 0 Å². The maximum atomic E-state index is 13.3. The molecule has 0 unspecified atom stereocenters. The number of nitrogens with zero attached hydrogens (tertiary/aromatic N) is 4. The Hall–Kier alpha value is -3.00. The Kier molecular flexibility index (Phi) is 6.81. The molecular formula is C26H28N4O2S. The molecule has 5 rings (SSSR count). The van der Waals surface area contributed by atoms with Crippen molar-refractivity contribution in [3.8, 4) is 11.3 Å². The second-order valence-corrected chi connectivity index (χ2v) is 9.07. The molecule has 0 N–H and O–H groups in total. The van der Waals surface area contributed by atoms with E-state index in [9.17, 15) is 4.79 Å². The second kappa shape index (κ2) is 10.3. The van der Waals surface area contributed by atoms with Crippen LogP contribution < -0.4 is 0 Å². The van der Waals surface area contributed by atoms with E-state index in [1.54, 1.807) is 11.3 Å². The normalized spacial score (nSPS) is 14.5. The molecule has 0 atom stereocenters. The van der Waals surface area contributed by atoms with Gasteiger partial charge in [-0.1, -0.05) is 48.5 Å². The average molecular weight is 461 g/mol. The van der Waals surface area contributed by atoms with E-state index in [2.05, 4.69) is 33.0 Å². The van der Waals surface area contributed by atoms with Crippen LogP contribution in [0.3, 0.4) is 0 Å². The Labute approximate surface area is 198 Å². The highest BCUT2D eigenvalue weighted by Crippen LogP contribution is 2.24. The zero-order valence-electron chi connectivity index (χ0n) is 18.6. The lowest BCUT2D eigenvalue weighted by atomic mass is 10.2. The smallest absolute Gasteiger partial charge is 0.253 e. The van der Waals surface area contributed by atoms with Crippen molar-refractivity contribution >= 4 is 22.2 Å². The third-order valence-corrected chi connectivity index (χ3v) is 6.98. The van der Waals surface area contributed by atoms with Crippen LogP contribution >= 0.6 is 11.3 Å². The van der Waals surface area contributed by atoms with E-state index in [0.717, 1.165) is 61.1 Å². The largest absolute Gasteiger partial charge is 0.379 e. The van der Waals surface area contributed by atoms with Crippen LogP contribution in [0.15, 0.2) is 72.2 Å². The summed E-state index contributed by atoms with van der Waals surface area (Å²) in [7, 11) is 0. The Balaban J connectivity index is 1.31. The van der Waals surface area contributed by atoms with Crippen LogP contribution in [0.1, 0.15) is 16.1 Å². The van der Waals surface area contributed by atoms with Gasteiger partial charge in [0.15, 0.2) is 4.96 Å². The van der Waals surface area contributed by atoms with Crippen LogP contribution in [0.2, 0.25) is 0 Å². The molecule has 0 radical (unpaired) electrons. The Morgan fingerprint density at radius 3 is 2.48 bits per heavy atom. The van der Waals surface area contributed by atoms with Crippen molar-refractivity contribution < 1.29 is 9.53 Å². The Bertz CT molecular complexity index is 1180. The van der Waals surface area contributed by atoms with Gasteiger partial charge in [0, 0.05) is 67.5 Å². The summed E-state index contributed by atoms with van der Waals surface area (Å²) in [5.41, 5.74) is 4.02. The fraction of sp³-hybridized carbons (Fsp3) is 0.308. The lowest BCUT2D eigenvalue weighted by Gasteiger charge is -2.30. The number of imidazole rings is 1. The standard InChI is InChI=1S/C26H28N4O2S/c31-25(22-9-5-2-6-10-22)29(14-13-28-15-17-32-18-16-28)12-11-23-20-33-26-27-24(19-30(23)26)21-7-3-1-4-8-21/h1-10,19-20H,11-18H2. The molecule has 0 saturated carbocycles. The third kappa shape index (κ3) is 5.16. The van der Waals surface area contributed by atoms with Crippen molar-refractivity contribution in [1.29, 1.82) is 0 Å². The minimum Gasteiger partial charge on any atom is -0.379 e. The molecule has 0 aliphatic carbocycles. The molecule has 1 saturated heterocycles. The van der Waals surface area contributed by atoms with Crippen LogP contribution in [0.4, 0.5) is 0 Å². The molecule has 1 amide bonds. The first-order valence-electron chi connectivity index (χ1n) is 11.4. The van der Waals surface area contributed by atoms with Crippen molar-refractivity contribution in [3.63, 3.8) is 0 Å². The molecule has 1 fully saturated rings. The first kappa shape index (κ1) is 21.8. The van der Waals surface area contributed by atoms with E-state index in [1.165, 1.54) is 5.69 Å². The van der Waals surface area contributed by atoms with E-state index in [4.69, 9.17) is 9.72 Å². The summed E-state index contributed by atoms with van der Waals surface area (Å²) in [5.74, 6) is 0.0888. The minimum atomic E-state index is 0.0888. The van der Waals surface area contributed by atoms with Gasteiger partial charge in [-0.25, -0.2) is 4.98 Å². The summed E-state index contributed by atoms with van der Waals surface area (Å²) in [5, 5.41) is 2.16. The number of morpholine rings is 1. The predicted octanol–water partition coefficient (Wildman–Crippen LogP) is 4.08. The monoisotopic (exact) mass is 460 g/mol. The highest BCUT2D eigenvalue weighted by molar-refractivity contribution is 7.15. The second-order valence-electron chi connectivity index (χ2n) is 8.23. The van der Waals surface area contributed by atoms with Crippen molar-refractivity contribution in [2.45, 2.75) is 6.42 Å². The van der Waals surface area contributed by atoms with Crippen molar-refractivity contribution in [2.24, 2.45) is 0 Å². The predicted molar refractivity (Wildman–Crippen MR) is 132 cm³/mol. The SMILES string of the molecule is O=C(c1ccccc1)N(CCc1csc2nc(-c3ccccc3)cn12)CCN1CCOCC1. The highest BCUT2D eigenvalue weighted by atomic mass is 32.1. The molecule has 2 aromatic carbocycles. The third-order valence-electron chi connectivity index (χ3n) is 6.09. The lowest BCUT2D eigenvalue weighted by molar-refractivity contribution is 0.0325. The lowest BCUT2D eigenvalue weighted by Crippen LogP contribution is -2.43. The molecule has 4 aromatic rings. The molecule has 3 heterocycles. The van der Waals surface area contributed by atoms with Crippen molar-refractivity contribution in [1.82, 2.24) is 19.2 Å². The average Bonchev–Trinajstić information content (AvgIpc) is 3.47. The molecule has 6 nitrogen and oxygen atoms in total. The van der Waals surface area contributed by atoms with E-state index in [0.29, 0.717) is 13.1 Å². The summed E-state index contributed by atoms with van der Waals surface area (Å²) in [6, 6.07) is 19.8. The fourth-order valence-corrected chi connectivity index (χ4v) is 5.08. The molecule has 1 aliphatic heterocycles. The maximum Gasteiger partial charge on any atom is 0.253 e. The van der Waals surface area contributed by atoms with Gasteiger partial charge in [0.2, 0.25) is 0 Å². The van der Waals surface area contributed by atoms with Crippen LogP contribution in [0, 0.1) is 0 Å². The molecule has 2 aromatic heterocycles. The van der Waals surface area contributed by atoms with E-state index in [-0.39, 0.29) is 5.91 Å². The topological polar surface area (TPSA) is 50.1 Å². The van der Waals surface area contributed by atoms with Gasteiger partial charge in [0.25, 0.3) is 5.91 Å². The molecule has 7 heteroatoms. The summed E-state index contributed by atoms with van der Waals surface area (Å²) < 4.78 is 7.63.